The minimum Gasteiger partial charge on any atom is -0.497 e. The van der Waals surface area contributed by atoms with Gasteiger partial charge < -0.3 is 10.1 Å². The van der Waals surface area contributed by atoms with Crippen molar-refractivity contribution in [2.75, 3.05) is 18.2 Å². The third-order valence-corrected chi connectivity index (χ3v) is 7.31. The Bertz CT molecular complexity index is 1170. The Kier molecular flexibility index (Phi) is 6.51. The summed E-state index contributed by atoms with van der Waals surface area (Å²) in [6, 6.07) is 21.1. The highest BCUT2D eigenvalue weighted by Gasteiger charge is 2.40. The Morgan fingerprint density at radius 2 is 1.52 bits per heavy atom. The number of methoxy groups -OCH3 is 1. The lowest BCUT2D eigenvalue weighted by molar-refractivity contribution is -0.120. The van der Waals surface area contributed by atoms with Gasteiger partial charge in [0.05, 0.1) is 23.2 Å². The largest absolute Gasteiger partial charge is 0.497 e. The second-order valence-corrected chi connectivity index (χ2v) is 9.95. The number of sulfone groups is 1. The van der Waals surface area contributed by atoms with Crippen molar-refractivity contribution in [3.8, 4) is 5.75 Å². The van der Waals surface area contributed by atoms with Gasteiger partial charge in [0.1, 0.15) is 5.75 Å². The van der Waals surface area contributed by atoms with Gasteiger partial charge in [0, 0.05) is 5.69 Å². The van der Waals surface area contributed by atoms with Gasteiger partial charge in [-0.05, 0) is 56.7 Å². The molecule has 5 nitrogen and oxygen atoms in total. The van der Waals surface area contributed by atoms with Crippen LogP contribution in [-0.4, -0.2) is 27.2 Å². The van der Waals surface area contributed by atoms with Crippen LogP contribution < -0.4 is 10.1 Å². The van der Waals surface area contributed by atoms with Gasteiger partial charge >= 0.3 is 0 Å². The maximum Gasteiger partial charge on any atom is 0.235 e. The smallest absolute Gasteiger partial charge is 0.235 e. The summed E-state index contributed by atoms with van der Waals surface area (Å²) in [6.45, 7) is 5.57. The molecule has 162 valence electrons. The molecule has 0 saturated carbocycles. The summed E-state index contributed by atoms with van der Waals surface area (Å²) >= 11 is 0. The Morgan fingerprint density at radius 3 is 2.10 bits per heavy atom. The quantitative estimate of drug-likeness (QED) is 0.582. The molecule has 0 saturated heterocycles. The van der Waals surface area contributed by atoms with Gasteiger partial charge in [0.15, 0.2) is 9.84 Å². The van der Waals surface area contributed by atoms with Gasteiger partial charge in [0.2, 0.25) is 5.91 Å². The van der Waals surface area contributed by atoms with E-state index in [0.717, 1.165) is 11.1 Å². The fourth-order valence-corrected chi connectivity index (χ4v) is 5.17. The van der Waals surface area contributed by atoms with E-state index in [0.29, 0.717) is 17.0 Å². The van der Waals surface area contributed by atoms with Crippen LogP contribution in [0.4, 0.5) is 5.69 Å². The zero-order valence-corrected chi connectivity index (χ0v) is 19.0. The summed E-state index contributed by atoms with van der Waals surface area (Å²) in [5, 5.41) is 2.89. The molecular weight excluding hydrogens is 410 g/mol. The van der Waals surface area contributed by atoms with Crippen molar-refractivity contribution in [1.82, 2.24) is 0 Å². The molecule has 1 amide bonds. The average Bonchev–Trinajstić information content (AvgIpc) is 2.75. The van der Waals surface area contributed by atoms with Gasteiger partial charge in [-0.25, -0.2) is 8.42 Å². The zero-order valence-electron chi connectivity index (χ0n) is 18.2. The normalized spacial score (nSPS) is 13.3. The van der Waals surface area contributed by atoms with Crippen molar-refractivity contribution < 1.29 is 17.9 Å². The molecule has 0 bridgehead atoms. The highest BCUT2D eigenvalue weighted by atomic mass is 32.2. The Morgan fingerprint density at radius 1 is 0.935 bits per heavy atom. The molecule has 31 heavy (non-hydrogen) atoms. The maximum absolute atomic E-state index is 13.4. The molecule has 0 spiro atoms. The summed E-state index contributed by atoms with van der Waals surface area (Å²) in [5.41, 5.74) is 2.04. The van der Waals surface area contributed by atoms with Crippen molar-refractivity contribution in [1.29, 1.82) is 0 Å². The lowest BCUT2D eigenvalue weighted by Gasteiger charge is -2.29. The van der Waals surface area contributed by atoms with Crippen molar-refractivity contribution >= 4 is 21.4 Å². The third-order valence-electron chi connectivity index (χ3n) is 5.38. The van der Waals surface area contributed by atoms with Crippen molar-refractivity contribution in [2.45, 2.75) is 31.1 Å². The van der Waals surface area contributed by atoms with Crippen LogP contribution in [-0.2, 0) is 20.0 Å². The van der Waals surface area contributed by atoms with Gasteiger partial charge in [-0.2, -0.15) is 0 Å². The second-order valence-electron chi connectivity index (χ2n) is 7.96. The van der Waals surface area contributed by atoms with E-state index in [9.17, 15) is 13.2 Å². The van der Waals surface area contributed by atoms with Crippen LogP contribution in [0.5, 0.6) is 5.75 Å². The van der Waals surface area contributed by atoms with E-state index in [1.165, 1.54) is 19.2 Å². The predicted molar refractivity (Wildman–Crippen MR) is 123 cm³/mol. The number of nitrogens with one attached hydrogen (secondary N) is 1. The molecule has 0 aliphatic rings. The number of anilines is 1. The summed E-state index contributed by atoms with van der Waals surface area (Å²) in [6.07, 6.45) is 0. The van der Waals surface area contributed by atoms with Crippen LogP contribution in [0.2, 0.25) is 0 Å². The molecule has 0 heterocycles. The number of benzene rings is 3. The first-order valence-electron chi connectivity index (χ1n) is 9.96. The molecule has 0 fully saturated rings. The molecule has 0 aliphatic heterocycles. The lowest BCUT2D eigenvalue weighted by atomic mass is 9.83. The van der Waals surface area contributed by atoms with Crippen LogP contribution in [0.1, 0.15) is 23.6 Å². The number of amides is 1. The second kappa shape index (κ2) is 8.94. The van der Waals surface area contributed by atoms with Gasteiger partial charge in [-0.1, -0.05) is 53.6 Å². The first-order chi connectivity index (χ1) is 14.6. The molecule has 1 unspecified atom stereocenters. The minimum absolute atomic E-state index is 0.119. The molecule has 1 N–H and O–H groups in total. The summed E-state index contributed by atoms with van der Waals surface area (Å²) in [5.74, 6) is -0.317. The van der Waals surface area contributed by atoms with Crippen molar-refractivity contribution in [3.63, 3.8) is 0 Å². The predicted octanol–water partition coefficient (Wildman–Crippen LogP) is 4.68. The number of aryl methyl sites for hydroxylation is 2. The van der Waals surface area contributed by atoms with E-state index in [-0.39, 0.29) is 16.6 Å². The molecule has 6 heteroatoms. The van der Waals surface area contributed by atoms with Gasteiger partial charge in [-0.3, -0.25) is 4.79 Å². The lowest BCUT2D eigenvalue weighted by Crippen LogP contribution is -2.43. The van der Waals surface area contributed by atoms with Crippen molar-refractivity contribution in [2.24, 2.45) is 0 Å². The minimum atomic E-state index is -3.79. The number of carbonyl (C=O) groups excluding carboxylic acids is 1. The van der Waals surface area contributed by atoms with Gasteiger partial charge in [-0.15, -0.1) is 0 Å². The van der Waals surface area contributed by atoms with Crippen LogP contribution in [0, 0.1) is 13.8 Å². The molecular formula is C25H27NO4S. The monoisotopic (exact) mass is 437 g/mol. The highest BCUT2D eigenvalue weighted by molar-refractivity contribution is 7.91. The number of hydrogen-bond donors (Lipinski definition) is 1. The summed E-state index contributed by atoms with van der Waals surface area (Å²) in [4.78, 5) is 13.6. The SMILES string of the molecule is COc1cccc(S(=O)(=O)CC(C)(C(=O)Nc2ccc(C)cc2)c2ccc(C)cc2)c1. The van der Waals surface area contributed by atoms with E-state index in [1.54, 1.807) is 31.2 Å². The number of ether oxygens (including phenoxy) is 1. The van der Waals surface area contributed by atoms with E-state index < -0.39 is 15.3 Å². The molecule has 0 aromatic heterocycles. The van der Waals surface area contributed by atoms with E-state index in [4.69, 9.17) is 4.74 Å². The van der Waals surface area contributed by atoms with Crippen LogP contribution >= 0.6 is 0 Å². The molecule has 3 rings (SSSR count). The molecule has 0 radical (unpaired) electrons. The zero-order chi connectivity index (χ0) is 22.6. The molecule has 3 aromatic rings. The fourth-order valence-electron chi connectivity index (χ4n) is 3.37. The summed E-state index contributed by atoms with van der Waals surface area (Å²) in [7, 11) is -2.31. The number of hydrogen-bond acceptors (Lipinski definition) is 4. The van der Waals surface area contributed by atoms with Crippen LogP contribution in [0.15, 0.2) is 77.7 Å². The first kappa shape index (κ1) is 22.6. The fraction of sp³-hybridized carbons (Fsp3) is 0.240. The Labute approximate surface area is 184 Å². The van der Waals surface area contributed by atoms with Crippen LogP contribution in [0.3, 0.4) is 0 Å². The standard InChI is InChI=1S/C25H27NO4S/c1-18-8-12-20(13-9-18)25(3,24(27)26-21-14-10-19(2)11-15-21)17-31(28,29)23-7-5-6-22(16-23)30-4/h5-16H,17H2,1-4H3,(H,26,27). The van der Waals surface area contributed by atoms with E-state index in [2.05, 4.69) is 5.32 Å². The topological polar surface area (TPSA) is 72.5 Å². The summed E-state index contributed by atoms with van der Waals surface area (Å²) < 4.78 is 31.8. The highest BCUT2D eigenvalue weighted by Crippen LogP contribution is 2.31. The maximum atomic E-state index is 13.4. The third kappa shape index (κ3) is 5.14. The molecule has 3 aromatic carbocycles. The Balaban J connectivity index is 2.01. The van der Waals surface area contributed by atoms with E-state index in [1.807, 2.05) is 50.2 Å². The van der Waals surface area contributed by atoms with Gasteiger partial charge in [0.25, 0.3) is 0 Å². The van der Waals surface area contributed by atoms with E-state index >= 15 is 0 Å². The van der Waals surface area contributed by atoms with Crippen LogP contribution in [0.25, 0.3) is 0 Å². The molecule has 1 atom stereocenters. The number of rotatable bonds is 7. The molecule has 0 aliphatic carbocycles. The first-order valence-corrected chi connectivity index (χ1v) is 11.6. The van der Waals surface area contributed by atoms with Crippen molar-refractivity contribution in [3.05, 3.63) is 89.5 Å². The Hall–Kier alpha value is -3.12. The number of carbonyl (C=O) groups is 1. The average molecular weight is 438 g/mol.